The molecule has 0 aromatic heterocycles. The van der Waals surface area contributed by atoms with Gasteiger partial charge in [-0.1, -0.05) is 6.92 Å². The standard InChI is InChI=1S/C16H23NO5/c1-4-12(3)17-15(18)10-22-16(19)11-21-14-8-6-13(7-9-14)20-5-2/h6-9,12H,4-5,10-11H2,1-3H3,(H,17,18). The molecule has 122 valence electrons. The van der Waals surface area contributed by atoms with Crippen LogP contribution >= 0.6 is 0 Å². The second kappa shape index (κ2) is 9.65. The zero-order chi connectivity index (χ0) is 16.4. The van der Waals surface area contributed by atoms with Crippen molar-refractivity contribution in [1.82, 2.24) is 5.32 Å². The van der Waals surface area contributed by atoms with E-state index in [0.717, 1.165) is 12.2 Å². The summed E-state index contributed by atoms with van der Waals surface area (Å²) in [7, 11) is 0. The Bertz CT molecular complexity index is 472. The minimum atomic E-state index is -0.590. The summed E-state index contributed by atoms with van der Waals surface area (Å²) < 4.78 is 15.4. The number of hydrogen-bond acceptors (Lipinski definition) is 5. The molecule has 0 radical (unpaired) electrons. The lowest BCUT2D eigenvalue weighted by Gasteiger charge is -2.11. The van der Waals surface area contributed by atoms with Gasteiger partial charge in [-0.05, 0) is 44.5 Å². The number of nitrogens with one attached hydrogen (secondary N) is 1. The number of hydrogen-bond donors (Lipinski definition) is 1. The monoisotopic (exact) mass is 309 g/mol. The van der Waals surface area contributed by atoms with Gasteiger partial charge in [-0.25, -0.2) is 4.79 Å². The largest absolute Gasteiger partial charge is 0.494 e. The molecule has 0 saturated carbocycles. The molecule has 0 aliphatic heterocycles. The summed E-state index contributed by atoms with van der Waals surface area (Å²) in [5.74, 6) is 0.362. The minimum Gasteiger partial charge on any atom is -0.494 e. The fourth-order valence-electron chi connectivity index (χ4n) is 1.55. The Morgan fingerprint density at radius 2 is 1.64 bits per heavy atom. The van der Waals surface area contributed by atoms with Gasteiger partial charge in [-0.15, -0.1) is 0 Å². The molecule has 0 saturated heterocycles. The number of carbonyl (C=O) groups is 2. The Balaban J connectivity index is 2.26. The molecule has 0 spiro atoms. The van der Waals surface area contributed by atoms with Gasteiger partial charge in [0.25, 0.3) is 5.91 Å². The smallest absolute Gasteiger partial charge is 0.344 e. The summed E-state index contributed by atoms with van der Waals surface area (Å²) in [6.07, 6.45) is 0.820. The first kappa shape index (κ1) is 17.8. The number of carbonyl (C=O) groups excluding carboxylic acids is 2. The van der Waals surface area contributed by atoms with E-state index >= 15 is 0 Å². The van der Waals surface area contributed by atoms with E-state index in [1.54, 1.807) is 24.3 Å². The topological polar surface area (TPSA) is 73.9 Å². The van der Waals surface area contributed by atoms with Crippen LogP contribution in [0, 0.1) is 0 Å². The number of benzene rings is 1. The molecule has 0 bridgehead atoms. The van der Waals surface area contributed by atoms with Crippen LogP contribution in [-0.2, 0) is 14.3 Å². The van der Waals surface area contributed by atoms with Gasteiger partial charge in [0.15, 0.2) is 13.2 Å². The first-order chi connectivity index (χ1) is 10.5. The van der Waals surface area contributed by atoms with Crippen molar-refractivity contribution < 1.29 is 23.8 Å². The maximum Gasteiger partial charge on any atom is 0.344 e. The van der Waals surface area contributed by atoms with Crippen molar-refractivity contribution >= 4 is 11.9 Å². The maximum atomic E-state index is 11.5. The predicted octanol–water partition coefficient (Wildman–Crippen LogP) is 1.92. The van der Waals surface area contributed by atoms with Gasteiger partial charge in [-0.2, -0.15) is 0 Å². The third-order valence-corrected chi connectivity index (χ3v) is 2.88. The SMILES string of the molecule is CCOc1ccc(OCC(=O)OCC(=O)NC(C)CC)cc1. The van der Waals surface area contributed by atoms with Gasteiger partial charge in [0.05, 0.1) is 6.61 Å². The second-order valence-corrected chi connectivity index (χ2v) is 4.73. The lowest BCUT2D eigenvalue weighted by molar-refractivity contribution is -0.150. The van der Waals surface area contributed by atoms with E-state index in [1.165, 1.54) is 0 Å². The van der Waals surface area contributed by atoms with Crippen LogP contribution in [0.25, 0.3) is 0 Å². The fraction of sp³-hybridized carbons (Fsp3) is 0.500. The predicted molar refractivity (Wildman–Crippen MR) is 82.0 cm³/mol. The third kappa shape index (κ3) is 6.97. The van der Waals surface area contributed by atoms with Crippen molar-refractivity contribution in [2.75, 3.05) is 19.8 Å². The van der Waals surface area contributed by atoms with Crippen molar-refractivity contribution in [3.05, 3.63) is 24.3 Å². The van der Waals surface area contributed by atoms with E-state index in [9.17, 15) is 9.59 Å². The Kier molecular flexibility index (Phi) is 7.81. The molecule has 1 N–H and O–H groups in total. The van der Waals surface area contributed by atoms with Crippen LogP contribution in [0.1, 0.15) is 27.2 Å². The number of esters is 1. The Morgan fingerprint density at radius 3 is 2.18 bits per heavy atom. The minimum absolute atomic E-state index is 0.0614. The molecule has 1 unspecified atom stereocenters. The molecule has 0 fully saturated rings. The Hall–Kier alpha value is -2.24. The summed E-state index contributed by atoms with van der Waals surface area (Å²) >= 11 is 0. The van der Waals surface area contributed by atoms with Crippen molar-refractivity contribution in [3.8, 4) is 11.5 Å². The molecular formula is C16H23NO5. The maximum absolute atomic E-state index is 11.5. The highest BCUT2D eigenvalue weighted by Gasteiger charge is 2.10. The van der Waals surface area contributed by atoms with Gasteiger partial charge < -0.3 is 19.5 Å². The zero-order valence-corrected chi connectivity index (χ0v) is 13.3. The molecule has 0 heterocycles. The number of ether oxygens (including phenoxy) is 3. The van der Waals surface area contributed by atoms with Gasteiger partial charge in [0.2, 0.25) is 0 Å². The molecule has 6 heteroatoms. The van der Waals surface area contributed by atoms with Crippen molar-refractivity contribution in [1.29, 1.82) is 0 Å². The molecule has 1 aromatic carbocycles. The van der Waals surface area contributed by atoms with Crippen LogP contribution < -0.4 is 14.8 Å². The average molecular weight is 309 g/mol. The van der Waals surface area contributed by atoms with Gasteiger partial charge in [0.1, 0.15) is 11.5 Å². The quantitative estimate of drug-likeness (QED) is 0.706. The van der Waals surface area contributed by atoms with Crippen LogP contribution in [0.15, 0.2) is 24.3 Å². The molecule has 1 amide bonds. The lowest BCUT2D eigenvalue weighted by Crippen LogP contribution is -2.35. The molecule has 1 atom stereocenters. The van der Waals surface area contributed by atoms with E-state index in [-0.39, 0.29) is 25.2 Å². The van der Waals surface area contributed by atoms with Gasteiger partial charge in [-0.3, -0.25) is 4.79 Å². The number of rotatable bonds is 9. The summed E-state index contributed by atoms with van der Waals surface area (Å²) in [6.45, 7) is 5.79. The average Bonchev–Trinajstić information content (AvgIpc) is 2.52. The normalized spacial score (nSPS) is 11.4. The molecular weight excluding hydrogens is 286 g/mol. The third-order valence-electron chi connectivity index (χ3n) is 2.88. The molecule has 0 aliphatic carbocycles. The van der Waals surface area contributed by atoms with E-state index < -0.39 is 5.97 Å². The van der Waals surface area contributed by atoms with Crippen LogP contribution in [0.3, 0.4) is 0 Å². The van der Waals surface area contributed by atoms with Crippen molar-refractivity contribution in [2.24, 2.45) is 0 Å². The Labute approximate surface area is 130 Å². The zero-order valence-electron chi connectivity index (χ0n) is 13.3. The molecule has 6 nitrogen and oxygen atoms in total. The van der Waals surface area contributed by atoms with Crippen molar-refractivity contribution in [2.45, 2.75) is 33.2 Å². The van der Waals surface area contributed by atoms with E-state index in [0.29, 0.717) is 12.4 Å². The highest BCUT2D eigenvalue weighted by atomic mass is 16.6. The molecule has 22 heavy (non-hydrogen) atoms. The highest BCUT2D eigenvalue weighted by Crippen LogP contribution is 2.17. The highest BCUT2D eigenvalue weighted by molar-refractivity contribution is 5.81. The Morgan fingerprint density at radius 1 is 1.05 bits per heavy atom. The molecule has 1 aromatic rings. The van der Waals surface area contributed by atoms with Gasteiger partial charge >= 0.3 is 5.97 Å². The first-order valence-electron chi connectivity index (χ1n) is 7.35. The van der Waals surface area contributed by atoms with Crippen LogP contribution in [0.5, 0.6) is 11.5 Å². The summed E-state index contributed by atoms with van der Waals surface area (Å²) in [5.41, 5.74) is 0. The van der Waals surface area contributed by atoms with Crippen LogP contribution in [0.2, 0.25) is 0 Å². The fourth-order valence-corrected chi connectivity index (χ4v) is 1.55. The second-order valence-electron chi connectivity index (χ2n) is 4.73. The summed E-state index contributed by atoms with van der Waals surface area (Å²) in [6, 6.07) is 6.97. The molecule has 1 rings (SSSR count). The first-order valence-corrected chi connectivity index (χ1v) is 7.35. The van der Waals surface area contributed by atoms with Crippen LogP contribution in [-0.4, -0.2) is 37.7 Å². The van der Waals surface area contributed by atoms with Gasteiger partial charge in [0, 0.05) is 6.04 Å². The van der Waals surface area contributed by atoms with E-state index in [1.807, 2.05) is 20.8 Å². The summed E-state index contributed by atoms with van der Waals surface area (Å²) in [5, 5.41) is 2.71. The summed E-state index contributed by atoms with van der Waals surface area (Å²) in [4.78, 5) is 22.9. The van der Waals surface area contributed by atoms with E-state index in [4.69, 9.17) is 14.2 Å². The van der Waals surface area contributed by atoms with Crippen LogP contribution in [0.4, 0.5) is 0 Å². The van der Waals surface area contributed by atoms with Crippen molar-refractivity contribution in [3.63, 3.8) is 0 Å². The number of amides is 1. The van der Waals surface area contributed by atoms with E-state index in [2.05, 4.69) is 5.32 Å². The lowest BCUT2D eigenvalue weighted by atomic mass is 10.2. The molecule has 0 aliphatic rings.